The Kier molecular flexibility index (Phi) is 6.30. The van der Waals surface area contributed by atoms with E-state index in [9.17, 15) is 18.4 Å². The van der Waals surface area contributed by atoms with Gasteiger partial charge in [-0.1, -0.05) is 0 Å². The van der Waals surface area contributed by atoms with Gasteiger partial charge in [-0.15, -0.1) is 0 Å². The van der Waals surface area contributed by atoms with Crippen molar-refractivity contribution in [1.82, 2.24) is 5.32 Å². The van der Waals surface area contributed by atoms with Crippen LogP contribution >= 0.6 is 0 Å². The van der Waals surface area contributed by atoms with E-state index in [0.29, 0.717) is 41.3 Å². The van der Waals surface area contributed by atoms with Gasteiger partial charge in [-0.3, -0.25) is 9.59 Å². The second-order valence-electron chi connectivity index (χ2n) is 7.12. The SMILES string of the molecule is O=C(NCCCN(C(=O)c1ccc(F)cc1)c1ccc(F)cc1)c1ccc2c(c1)OCO2. The number of nitrogens with one attached hydrogen (secondary N) is 1. The zero-order chi connectivity index (χ0) is 22.5. The first-order chi connectivity index (χ1) is 15.5. The van der Waals surface area contributed by atoms with Crippen LogP contribution in [0.2, 0.25) is 0 Å². The molecular weight excluding hydrogens is 418 g/mol. The average Bonchev–Trinajstić information content (AvgIpc) is 3.28. The molecule has 32 heavy (non-hydrogen) atoms. The van der Waals surface area contributed by atoms with Gasteiger partial charge in [0.25, 0.3) is 11.8 Å². The van der Waals surface area contributed by atoms with Gasteiger partial charge in [-0.2, -0.15) is 0 Å². The van der Waals surface area contributed by atoms with Crippen LogP contribution in [0.3, 0.4) is 0 Å². The lowest BCUT2D eigenvalue weighted by Crippen LogP contribution is -2.34. The highest BCUT2D eigenvalue weighted by molar-refractivity contribution is 6.06. The van der Waals surface area contributed by atoms with Crippen LogP contribution < -0.4 is 19.7 Å². The molecular formula is C24H20F2N2O4. The molecule has 8 heteroatoms. The van der Waals surface area contributed by atoms with Gasteiger partial charge < -0.3 is 19.7 Å². The van der Waals surface area contributed by atoms with Crippen LogP contribution in [-0.4, -0.2) is 31.7 Å². The molecule has 0 aliphatic carbocycles. The lowest BCUT2D eigenvalue weighted by molar-refractivity contribution is 0.0953. The van der Waals surface area contributed by atoms with Crippen LogP contribution in [0.5, 0.6) is 11.5 Å². The van der Waals surface area contributed by atoms with Crippen molar-refractivity contribution in [3.8, 4) is 11.5 Å². The van der Waals surface area contributed by atoms with E-state index in [2.05, 4.69) is 5.32 Å². The van der Waals surface area contributed by atoms with Gasteiger partial charge in [0.15, 0.2) is 11.5 Å². The number of benzene rings is 3. The molecule has 0 saturated heterocycles. The maximum Gasteiger partial charge on any atom is 0.258 e. The molecule has 6 nitrogen and oxygen atoms in total. The van der Waals surface area contributed by atoms with E-state index in [0.717, 1.165) is 0 Å². The van der Waals surface area contributed by atoms with Gasteiger partial charge in [-0.25, -0.2) is 8.78 Å². The predicted octanol–water partition coefficient (Wildman–Crippen LogP) is 4.16. The fourth-order valence-corrected chi connectivity index (χ4v) is 3.30. The van der Waals surface area contributed by atoms with Crippen molar-refractivity contribution in [3.05, 3.63) is 89.5 Å². The Hall–Kier alpha value is -3.94. The smallest absolute Gasteiger partial charge is 0.258 e. The molecule has 0 spiro atoms. The lowest BCUT2D eigenvalue weighted by atomic mass is 10.1. The molecule has 4 rings (SSSR count). The van der Waals surface area contributed by atoms with Crippen LogP contribution in [0.1, 0.15) is 27.1 Å². The maximum atomic E-state index is 13.3. The van der Waals surface area contributed by atoms with E-state index in [4.69, 9.17) is 9.47 Å². The maximum absolute atomic E-state index is 13.3. The summed E-state index contributed by atoms with van der Waals surface area (Å²) in [6.45, 7) is 0.701. The van der Waals surface area contributed by atoms with Crippen molar-refractivity contribution in [2.24, 2.45) is 0 Å². The summed E-state index contributed by atoms with van der Waals surface area (Å²) in [5, 5.41) is 2.81. The first kappa shape index (κ1) is 21.3. The van der Waals surface area contributed by atoms with E-state index in [1.54, 1.807) is 18.2 Å². The third kappa shape index (κ3) is 4.85. The minimum Gasteiger partial charge on any atom is -0.454 e. The lowest BCUT2D eigenvalue weighted by Gasteiger charge is -2.23. The summed E-state index contributed by atoms with van der Waals surface area (Å²) in [6.07, 6.45) is 0.445. The number of ether oxygens (including phenoxy) is 2. The Morgan fingerprint density at radius 1 is 0.844 bits per heavy atom. The van der Waals surface area contributed by atoms with Gasteiger partial charge in [0.1, 0.15) is 11.6 Å². The predicted molar refractivity (Wildman–Crippen MR) is 114 cm³/mol. The molecule has 0 unspecified atom stereocenters. The highest BCUT2D eigenvalue weighted by Gasteiger charge is 2.19. The molecule has 164 valence electrons. The molecule has 0 fully saturated rings. The van der Waals surface area contributed by atoms with Crippen LogP contribution in [-0.2, 0) is 0 Å². The Morgan fingerprint density at radius 3 is 2.19 bits per heavy atom. The summed E-state index contributed by atoms with van der Waals surface area (Å²) in [5.41, 5.74) is 1.25. The van der Waals surface area contributed by atoms with Crippen LogP contribution in [0.15, 0.2) is 66.7 Å². The fourth-order valence-electron chi connectivity index (χ4n) is 3.30. The fraction of sp³-hybridized carbons (Fsp3) is 0.167. The molecule has 1 N–H and O–H groups in total. The quantitative estimate of drug-likeness (QED) is 0.563. The third-order valence-electron chi connectivity index (χ3n) is 4.95. The number of carbonyl (C=O) groups excluding carboxylic acids is 2. The highest BCUT2D eigenvalue weighted by Crippen LogP contribution is 2.32. The van der Waals surface area contributed by atoms with Crippen molar-refractivity contribution in [2.75, 3.05) is 24.8 Å². The minimum atomic E-state index is -0.443. The van der Waals surface area contributed by atoms with Crippen molar-refractivity contribution >= 4 is 17.5 Å². The van der Waals surface area contributed by atoms with Crippen molar-refractivity contribution in [2.45, 2.75) is 6.42 Å². The first-order valence-corrected chi connectivity index (χ1v) is 10.0. The largest absolute Gasteiger partial charge is 0.454 e. The number of nitrogens with zero attached hydrogens (tertiary/aromatic N) is 1. The molecule has 1 aliphatic heterocycles. The highest BCUT2D eigenvalue weighted by atomic mass is 19.1. The number of anilines is 1. The molecule has 0 radical (unpaired) electrons. The van der Waals surface area contributed by atoms with Crippen LogP contribution in [0.4, 0.5) is 14.5 Å². The molecule has 1 heterocycles. The number of carbonyl (C=O) groups is 2. The Labute approximate surface area is 183 Å². The molecule has 2 amide bonds. The van der Waals surface area contributed by atoms with Gasteiger partial charge >= 0.3 is 0 Å². The zero-order valence-corrected chi connectivity index (χ0v) is 17.0. The minimum absolute atomic E-state index is 0.127. The molecule has 0 aromatic heterocycles. The van der Waals surface area contributed by atoms with Crippen molar-refractivity contribution < 1.29 is 27.8 Å². The number of amides is 2. The summed E-state index contributed by atoms with van der Waals surface area (Å²) in [7, 11) is 0. The average molecular weight is 438 g/mol. The molecule has 0 bridgehead atoms. The third-order valence-corrected chi connectivity index (χ3v) is 4.95. The van der Waals surface area contributed by atoms with E-state index in [1.807, 2.05) is 0 Å². The second-order valence-corrected chi connectivity index (χ2v) is 7.12. The Balaban J connectivity index is 1.40. The molecule has 0 atom stereocenters. The van der Waals surface area contributed by atoms with Crippen molar-refractivity contribution in [1.29, 1.82) is 0 Å². The van der Waals surface area contributed by atoms with Gasteiger partial charge in [0.05, 0.1) is 0 Å². The normalized spacial score (nSPS) is 11.8. The monoisotopic (exact) mass is 438 g/mol. The Morgan fingerprint density at radius 2 is 1.47 bits per heavy atom. The standard InChI is InChI=1S/C24H20F2N2O4/c25-18-5-2-16(3-6-18)24(30)28(20-9-7-19(26)8-10-20)13-1-12-27-23(29)17-4-11-21-22(14-17)32-15-31-21/h2-11,14H,1,12-13,15H2,(H,27,29). The number of halogens is 2. The molecule has 3 aromatic rings. The summed E-state index contributed by atoms with van der Waals surface area (Å²) in [5.74, 6) is -0.374. The summed E-state index contributed by atoms with van der Waals surface area (Å²) >= 11 is 0. The number of hydrogen-bond acceptors (Lipinski definition) is 4. The summed E-state index contributed by atoms with van der Waals surface area (Å²) in [4.78, 5) is 26.9. The van der Waals surface area contributed by atoms with Crippen molar-refractivity contribution in [3.63, 3.8) is 0 Å². The van der Waals surface area contributed by atoms with Crippen LogP contribution in [0.25, 0.3) is 0 Å². The molecule has 3 aromatic carbocycles. The summed E-state index contributed by atoms with van der Waals surface area (Å²) in [6, 6.07) is 15.7. The number of fused-ring (bicyclic) bond motifs is 1. The molecule has 1 aliphatic rings. The zero-order valence-electron chi connectivity index (χ0n) is 17.0. The summed E-state index contributed by atoms with van der Waals surface area (Å²) < 4.78 is 37.1. The van der Waals surface area contributed by atoms with Gasteiger partial charge in [-0.05, 0) is 73.2 Å². The van der Waals surface area contributed by atoms with E-state index in [-0.39, 0.29) is 25.2 Å². The van der Waals surface area contributed by atoms with Gasteiger partial charge in [0.2, 0.25) is 6.79 Å². The van der Waals surface area contributed by atoms with E-state index >= 15 is 0 Å². The Bertz CT molecular complexity index is 1120. The number of hydrogen-bond donors (Lipinski definition) is 1. The topological polar surface area (TPSA) is 67.9 Å². The van der Waals surface area contributed by atoms with E-state index in [1.165, 1.54) is 53.4 Å². The van der Waals surface area contributed by atoms with Crippen LogP contribution in [0, 0.1) is 11.6 Å². The first-order valence-electron chi connectivity index (χ1n) is 10.0. The van der Waals surface area contributed by atoms with Gasteiger partial charge in [0, 0.05) is 29.9 Å². The molecule has 0 saturated carbocycles. The number of rotatable bonds is 7. The van der Waals surface area contributed by atoms with E-state index < -0.39 is 11.6 Å². The second kappa shape index (κ2) is 9.47.